The fourth-order valence-electron chi connectivity index (χ4n) is 5.48. The first-order valence-corrected chi connectivity index (χ1v) is 18.2. The highest BCUT2D eigenvalue weighted by atomic mass is 32.2. The first-order valence-electron chi connectivity index (χ1n) is 16.6. The summed E-state index contributed by atoms with van der Waals surface area (Å²) in [6.07, 6.45) is -4.22. The number of carbonyl (C=O) groups is 2. The van der Waals surface area contributed by atoms with E-state index in [1.165, 1.54) is 13.8 Å². The van der Waals surface area contributed by atoms with Gasteiger partial charge in [-0.1, -0.05) is 121 Å². The third-order valence-corrected chi connectivity index (χ3v) is 9.06. The molecule has 0 amide bonds. The van der Waals surface area contributed by atoms with E-state index in [1.807, 2.05) is 91.0 Å². The minimum Gasteiger partial charge on any atom is -0.451 e. The predicted molar refractivity (Wildman–Crippen MR) is 191 cm³/mol. The van der Waals surface area contributed by atoms with Gasteiger partial charge in [0, 0.05) is 13.8 Å². The maximum atomic E-state index is 13.8. The molecule has 12 nitrogen and oxygen atoms in total. The van der Waals surface area contributed by atoms with Crippen molar-refractivity contribution in [1.82, 2.24) is 14.8 Å². The van der Waals surface area contributed by atoms with Crippen molar-refractivity contribution < 1.29 is 41.1 Å². The predicted octanol–water partition coefficient (Wildman–Crippen LogP) is 5.85. The molecular formula is C39H41N3O9S. The molecule has 4 atom stereocenters. The Balaban J connectivity index is 1.60. The number of hydrogen-bond acceptors (Lipinski definition) is 11. The third kappa shape index (κ3) is 11.5. The Labute approximate surface area is 303 Å². The SMILES string of the molecule is CC(=O)O[C@H](c1ncnn1C(C)=O)[C@@H](OCc1ccccc1)[C@H](OCc1ccccc1)[C@H](COCc1ccccc1)OS(=O)(=O)Cc1ccccc1. The molecule has 0 N–H and O–H groups in total. The summed E-state index contributed by atoms with van der Waals surface area (Å²) in [7, 11) is -4.29. The summed E-state index contributed by atoms with van der Waals surface area (Å²) in [5.41, 5.74) is 2.89. The number of carbonyl (C=O) groups excluding carboxylic acids is 2. The Bertz CT molecular complexity index is 1940. The lowest BCUT2D eigenvalue weighted by Crippen LogP contribution is -2.49. The number of rotatable bonds is 19. The summed E-state index contributed by atoms with van der Waals surface area (Å²) in [5.74, 6) is -1.70. The van der Waals surface area contributed by atoms with Crippen LogP contribution in [0.2, 0.25) is 0 Å². The maximum Gasteiger partial charge on any atom is 0.303 e. The van der Waals surface area contributed by atoms with Gasteiger partial charge in [0.1, 0.15) is 30.4 Å². The van der Waals surface area contributed by atoms with Crippen molar-refractivity contribution in [2.24, 2.45) is 0 Å². The fourth-order valence-corrected chi connectivity index (χ4v) is 6.69. The van der Waals surface area contributed by atoms with E-state index < -0.39 is 52.2 Å². The fraction of sp³-hybridized carbons (Fsp3) is 0.282. The Kier molecular flexibility index (Phi) is 13.9. The van der Waals surface area contributed by atoms with Gasteiger partial charge in [-0.15, -0.1) is 0 Å². The molecule has 5 rings (SSSR count). The van der Waals surface area contributed by atoms with E-state index in [2.05, 4.69) is 10.1 Å². The molecule has 272 valence electrons. The normalized spacial score (nSPS) is 13.9. The smallest absolute Gasteiger partial charge is 0.303 e. The van der Waals surface area contributed by atoms with Crippen LogP contribution in [0.3, 0.4) is 0 Å². The van der Waals surface area contributed by atoms with Crippen LogP contribution >= 0.6 is 0 Å². The molecule has 0 aliphatic rings. The second-order valence-corrected chi connectivity index (χ2v) is 13.5. The molecule has 0 unspecified atom stereocenters. The van der Waals surface area contributed by atoms with Crippen LogP contribution in [0.1, 0.15) is 52.8 Å². The second kappa shape index (κ2) is 19.0. The van der Waals surface area contributed by atoms with Crippen LogP contribution in [0.4, 0.5) is 0 Å². The van der Waals surface area contributed by atoms with Crippen molar-refractivity contribution in [2.75, 3.05) is 6.61 Å². The van der Waals surface area contributed by atoms with Crippen molar-refractivity contribution in [2.45, 2.75) is 63.8 Å². The molecule has 4 aromatic carbocycles. The molecule has 0 aliphatic heterocycles. The van der Waals surface area contributed by atoms with E-state index in [9.17, 15) is 18.0 Å². The molecule has 0 radical (unpaired) electrons. The van der Waals surface area contributed by atoms with Crippen LogP contribution in [0.5, 0.6) is 0 Å². The largest absolute Gasteiger partial charge is 0.451 e. The van der Waals surface area contributed by atoms with Gasteiger partial charge in [0.25, 0.3) is 10.1 Å². The summed E-state index contributed by atoms with van der Waals surface area (Å²) in [5, 5.41) is 4.05. The van der Waals surface area contributed by atoms with E-state index in [0.29, 0.717) is 5.56 Å². The molecule has 5 aromatic rings. The topological polar surface area (TPSA) is 145 Å². The molecule has 0 saturated heterocycles. The molecule has 0 saturated carbocycles. The number of nitrogens with zero attached hydrogens (tertiary/aromatic N) is 3. The van der Waals surface area contributed by atoms with E-state index in [-0.39, 0.29) is 32.3 Å². The highest BCUT2D eigenvalue weighted by Crippen LogP contribution is 2.31. The zero-order valence-corrected chi connectivity index (χ0v) is 29.7. The number of aromatic nitrogens is 3. The molecule has 52 heavy (non-hydrogen) atoms. The van der Waals surface area contributed by atoms with Crippen LogP contribution in [0, 0.1) is 0 Å². The van der Waals surface area contributed by atoms with Crippen molar-refractivity contribution in [1.29, 1.82) is 0 Å². The lowest BCUT2D eigenvalue weighted by Gasteiger charge is -2.36. The van der Waals surface area contributed by atoms with Crippen molar-refractivity contribution >= 4 is 22.0 Å². The molecule has 0 bridgehead atoms. The third-order valence-electron chi connectivity index (χ3n) is 7.83. The summed E-state index contributed by atoms with van der Waals surface area (Å²) >= 11 is 0. The molecule has 13 heteroatoms. The van der Waals surface area contributed by atoms with Crippen LogP contribution in [0.15, 0.2) is 128 Å². The quantitative estimate of drug-likeness (QED) is 0.0747. The van der Waals surface area contributed by atoms with Crippen LogP contribution in [-0.2, 0) is 63.6 Å². The second-order valence-electron chi connectivity index (χ2n) is 11.9. The number of benzene rings is 4. The van der Waals surface area contributed by atoms with Gasteiger partial charge < -0.3 is 18.9 Å². The van der Waals surface area contributed by atoms with E-state index in [1.54, 1.807) is 30.3 Å². The van der Waals surface area contributed by atoms with E-state index in [0.717, 1.165) is 27.7 Å². The summed E-state index contributed by atoms with van der Waals surface area (Å²) in [4.78, 5) is 29.7. The first-order chi connectivity index (χ1) is 25.2. The van der Waals surface area contributed by atoms with E-state index in [4.69, 9.17) is 23.1 Å². The average Bonchev–Trinajstić information content (AvgIpc) is 3.64. The zero-order chi connectivity index (χ0) is 36.8. The Morgan fingerprint density at radius 3 is 1.65 bits per heavy atom. The van der Waals surface area contributed by atoms with Crippen molar-refractivity contribution in [3.63, 3.8) is 0 Å². The zero-order valence-electron chi connectivity index (χ0n) is 28.9. The lowest BCUT2D eigenvalue weighted by atomic mass is 10.0. The average molecular weight is 728 g/mol. The molecule has 1 aromatic heterocycles. The van der Waals surface area contributed by atoms with Crippen LogP contribution in [0.25, 0.3) is 0 Å². The van der Waals surface area contributed by atoms with Crippen LogP contribution < -0.4 is 0 Å². The van der Waals surface area contributed by atoms with Crippen LogP contribution in [-0.4, -0.2) is 60.0 Å². The standard InChI is InChI=1S/C39H41N3O9S/c1-29(43)42-39(40-28-41-42)38(50-30(2)44)37(49-25-33-19-11-5-12-20-33)36(48-24-32-17-9-4-10-18-32)35(26-47-23-31-15-7-3-8-16-31)51-52(45,46)27-34-21-13-6-14-22-34/h3-22,28,35-38H,23-27H2,1-2H3/t35-,36+,37-,38-/m0/s1. The van der Waals surface area contributed by atoms with Gasteiger partial charge in [-0.2, -0.15) is 18.2 Å². The van der Waals surface area contributed by atoms with Gasteiger partial charge in [0.05, 0.1) is 26.4 Å². The van der Waals surface area contributed by atoms with Crippen molar-refractivity contribution in [3.8, 4) is 0 Å². The van der Waals surface area contributed by atoms with Gasteiger partial charge in [-0.25, -0.2) is 4.98 Å². The summed E-state index contributed by atoms with van der Waals surface area (Å²) in [6.45, 7) is 2.31. The Morgan fingerprint density at radius 1 is 0.673 bits per heavy atom. The molecule has 0 spiro atoms. The van der Waals surface area contributed by atoms with Gasteiger partial charge in [-0.05, 0) is 22.3 Å². The molecular weight excluding hydrogens is 687 g/mol. The van der Waals surface area contributed by atoms with Crippen molar-refractivity contribution in [3.05, 3.63) is 156 Å². The van der Waals surface area contributed by atoms with Gasteiger partial charge >= 0.3 is 5.97 Å². The summed E-state index contributed by atoms with van der Waals surface area (Å²) < 4.78 is 59.7. The van der Waals surface area contributed by atoms with Gasteiger partial charge in [0.2, 0.25) is 5.91 Å². The number of ether oxygens (including phenoxy) is 4. The highest BCUT2D eigenvalue weighted by Gasteiger charge is 2.44. The highest BCUT2D eigenvalue weighted by molar-refractivity contribution is 7.85. The molecule has 1 heterocycles. The lowest BCUT2D eigenvalue weighted by molar-refractivity contribution is -0.190. The molecule has 0 fully saturated rings. The number of esters is 1. The van der Waals surface area contributed by atoms with Gasteiger partial charge in [0.15, 0.2) is 11.9 Å². The van der Waals surface area contributed by atoms with E-state index >= 15 is 0 Å². The monoisotopic (exact) mass is 727 g/mol. The Morgan fingerprint density at radius 2 is 1.15 bits per heavy atom. The molecule has 0 aliphatic carbocycles. The maximum absolute atomic E-state index is 13.8. The van der Waals surface area contributed by atoms with Gasteiger partial charge in [-0.3, -0.25) is 13.8 Å². The summed E-state index contributed by atoms with van der Waals surface area (Å²) in [6, 6.07) is 36.5. The number of hydrogen-bond donors (Lipinski definition) is 0. The Hall–Kier alpha value is -5.05. The minimum absolute atomic E-state index is 0.0137. The first kappa shape index (κ1) is 38.2. The minimum atomic E-state index is -4.29.